The van der Waals surface area contributed by atoms with E-state index in [1.807, 2.05) is 24.3 Å². The molecule has 0 aliphatic carbocycles. The van der Waals surface area contributed by atoms with Gasteiger partial charge in [-0.05, 0) is 29.8 Å². The summed E-state index contributed by atoms with van der Waals surface area (Å²) >= 11 is 3.47. The third-order valence-electron chi connectivity index (χ3n) is 4.40. The number of nitrogens with one attached hydrogen (secondary N) is 2. The van der Waals surface area contributed by atoms with E-state index in [0.717, 1.165) is 68.6 Å². The minimum atomic E-state index is 0.640. The first kappa shape index (κ1) is 19.9. The van der Waals surface area contributed by atoms with Gasteiger partial charge in [-0.1, -0.05) is 28.1 Å². The second-order valence-corrected chi connectivity index (χ2v) is 7.34. The fourth-order valence-electron chi connectivity index (χ4n) is 2.85. The number of morpholine rings is 1. The fraction of sp³-hybridized carbons (Fsp3) is 0.450. The molecule has 7 heteroatoms. The highest BCUT2D eigenvalue weighted by Crippen LogP contribution is 2.11. The molecule has 3 rings (SSSR count). The van der Waals surface area contributed by atoms with E-state index < -0.39 is 0 Å². The van der Waals surface area contributed by atoms with Gasteiger partial charge in [-0.2, -0.15) is 0 Å². The Balaban J connectivity index is 1.49. The highest BCUT2D eigenvalue weighted by atomic mass is 79.9. The van der Waals surface area contributed by atoms with Crippen LogP contribution in [0.4, 0.5) is 0 Å². The van der Waals surface area contributed by atoms with E-state index in [1.165, 1.54) is 5.56 Å². The van der Waals surface area contributed by atoms with E-state index in [9.17, 15) is 0 Å². The molecule has 146 valence electrons. The minimum Gasteiger partial charge on any atom is -0.469 e. The van der Waals surface area contributed by atoms with Crippen molar-refractivity contribution in [2.45, 2.75) is 13.0 Å². The molecule has 0 amide bonds. The lowest BCUT2D eigenvalue weighted by Gasteiger charge is -2.26. The van der Waals surface area contributed by atoms with Crippen molar-refractivity contribution >= 4 is 21.9 Å². The fourth-order valence-corrected chi connectivity index (χ4v) is 3.11. The summed E-state index contributed by atoms with van der Waals surface area (Å²) in [6, 6.07) is 12.2. The molecule has 0 saturated carbocycles. The van der Waals surface area contributed by atoms with Crippen LogP contribution >= 0.6 is 15.9 Å². The van der Waals surface area contributed by atoms with Crippen LogP contribution in [0.1, 0.15) is 11.3 Å². The van der Waals surface area contributed by atoms with Crippen LogP contribution in [-0.2, 0) is 17.7 Å². The lowest BCUT2D eigenvalue weighted by Crippen LogP contribution is -2.44. The molecule has 1 aromatic heterocycles. The van der Waals surface area contributed by atoms with Crippen molar-refractivity contribution in [2.75, 3.05) is 45.9 Å². The largest absolute Gasteiger partial charge is 0.469 e. The van der Waals surface area contributed by atoms with Crippen molar-refractivity contribution in [1.29, 1.82) is 0 Å². The van der Waals surface area contributed by atoms with Gasteiger partial charge < -0.3 is 19.8 Å². The van der Waals surface area contributed by atoms with Crippen molar-refractivity contribution in [3.8, 4) is 0 Å². The molecule has 0 bridgehead atoms. The van der Waals surface area contributed by atoms with Gasteiger partial charge in [-0.3, -0.25) is 4.90 Å². The highest BCUT2D eigenvalue weighted by molar-refractivity contribution is 9.10. The molecule has 2 N–H and O–H groups in total. The lowest BCUT2D eigenvalue weighted by atomic mass is 10.2. The number of guanidine groups is 1. The van der Waals surface area contributed by atoms with Crippen LogP contribution in [0, 0.1) is 0 Å². The molecular weight excluding hydrogens is 408 g/mol. The van der Waals surface area contributed by atoms with Crippen LogP contribution in [-0.4, -0.2) is 56.8 Å². The zero-order chi connectivity index (χ0) is 18.7. The predicted octanol–water partition coefficient (Wildman–Crippen LogP) is 2.65. The third-order valence-corrected chi connectivity index (χ3v) is 4.93. The number of furan rings is 1. The number of rotatable bonds is 8. The molecule has 1 saturated heterocycles. The predicted molar refractivity (Wildman–Crippen MR) is 111 cm³/mol. The van der Waals surface area contributed by atoms with E-state index in [4.69, 9.17) is 14.1 Å². The number of hydrogen-bond donors (Lipinski definition) is 2. The molecule has 27 heavy (non-hydrogen) atoms. The van der Waals surface area contributed by atoms with Gasteiger partial charge in [0.25, 0.3) is 0 Å². The maximum absolute atomic E-state index is 5.40. The summed E-state index contributed by atoms with van der Waals surface area (Å²) in [6.07, 6.45) is 2.54. The molecule has 0 atom stereocenters. The van der Waals surface area contributed by atoms with E-state index in [2.05, 4.69) is 43.6 Å². The second-order valence-electron chi connectivity index (χ2n) is 6.43. The Labute approximate surface area is 169 Å². The molecule has 0 unspecified atom stereocenters. The van der Waals surface area contributed by atoms with E-state index in [-0.39, 0.29) is 0 Å². The third kappa shape index (κ3) is 7.36. The van der Waals surface area contributed by atoms with Crippen molar-refractivity contribution in [1.82, 2.24) is 15.5 Å². The van der Waals surface area contributed by atoms with Crippen LogP contribution in [0.15, 0.2) is 56.5 Å². The van der Waals surface area contributed by atoms with Crippen molar-refractivity contribution in [3.63, 3.8) is 0 Å². The average Bonchev–Trinajstić information content (AvgIpc) is 3.21. The standard InChI is InChI=1S/C20H27BrN4O2/c21-18-5-3-17(4-6-18)16-24-20(22-8-7-19-2-1-13-27-19)23-9-10-25-11-14-26-15-12-25/h1-6,13H,7-12,14-16H2,(H2,22,23,24). The Hall–Kier alpha value is -1.83. The quantitative estimate of drug-likeness (QED) is 0.493. The summed E-state index contributed by atoms with van der Waals surface area (Å²) in [4.78, 5) is 7.14. The van der Waals surface area contributed by atoms with Crippen molar-refractivity contribution in [3.05, 3.63) is 58.5 Å². The number of ether oxygens (including phenoxy) is 1. The second kappa shape index (κ2) is 11.1. The number of benzene rings is 1. The molecule has 2 aromatic rings. The maximum Gasteiger partial charge on any atom is 0.191 e. The molecule has 1 aliphatic rings. The van der Waals surface area contributed by atoms with Crippen LogP contribution in [0.25, 0.3) is 0 Å². The number of halogens is 1. The van der Waals surface area contributed by atoms with Crippen molar-refractivity contribution in [2.24, 2.45) is 4.99 Å². The van der Waals surface area contributed by atoms with Crippen LogP contribution in [0.5, 0.6) is 0 Å². The van der Waals surface area contributed by atoms with Gasteiger partial charge in [0.2, 0.25) is 0 Å². The summed E-state index contributed by atoms with van der Waals surface area (Å²) in [6.45, 7) is 6.90. The van der Waals surface area contributed by atoms with Crippen LogP contribution in [0.3, 0.4) is 0 Å². The Kier molecular flexibility index (Phi) is 8.20. The molecule has 1 aromatic carbocycles. The Morgan fingerprint density at radius 1 is 1.07 bits per heavy atom. The lowest BCUT2D eigenvalue weighted by molar-refractivity contribution is 0.0389. The molecule has 0 radical (unpaired) electrons. The molecule has 6 nitrogen and oxygen atoms in total. The topological polar surface area (TPSA) is 62.0 Å². The summed E-state index contributed by atoms with van der Waals surface area (Å²) in [5, 5.41) is 6.85. The Bertz CT molecular complexity index is 683. The first-order valence-corrected chi connectivity index (χ1v) is 10.2. The zero-order valence-electron chi connectivity index (χ0n) is 15.5. The molecule has 0 spiro atoms. The summed E-state index contributed by atoms with van der Waals surface area (Å²) < 4.78 is 11.9. The summed E-state index contributed by atoms with van der Waals surface area (Å²) in [7, 11) is 0. The first-order valence-electron chi connectivity index (χ1n) is 9.39. The van der Waals surface area contributed by atoms with Gasteiger partial charge in [0, 0.05) is 43.6 Å². The number of aliphatic imine (C=N–C) groups is 1. The monoisotopic (exact) mass is 434 g/mol. The zero-order valence-corrected chi connectivity index (χ0v) is 17.1. The average molecular weight is 435 g/mol. The summed E-state index contributed by atoms with van der Waals surface area (Å²) in [5.74, 6) is 1.81. The smallest absolute Gasteiger partial charge is 0.191 e. The van der Waals surface area contributed by atoms with Crippen LogP contribution < -0.4 is 10.6 Å². The Morgan fingerprint density at radius 3 is 2.59 bits per heavy atom. The maximum atomic E-state index is 5.40. The number of nitrogens with zero attached hydrogens (tertiary/aromatic N) is 2. The van der Waals surface area contributed by atoms with Crippen molar-refractivity contribution < 1.29 is 9.15 Å². The van der Waals surface area contributed by atoms with Gasteiger partial charge in [0.05, 0.1) is 26.0 Å². The number of hydrogen-bond acceptors (Lipinski definition) is 4. The van der Waals surface area contributed by atoms with E-state index in [0.29, 0.717) is 6.54 Å². The van der Waals surface area contributed by atoms with Gasteiger partial charge in [0.1, 0.15) is 5.76 Å². The van der Waals surface area contributed by atoms with Gasteiger partial charge in [-0.15, -0.1) is 0 Å². The minimum absolute atomic E-state index is 0.640. The SMILES string of the molecule is Brc1ccc(CN=C(NCCc2ccco2)NCCN2CCOCC2)cc1. The van der Waals surface area contributed by atoms with Gasteiger partial charge in [-0.25, -0.2) is 4.99 Å². The molecule has 2 heterocycles. The first-order chi connectivity index (χ1) is 13.3. The molecular formula is C20H27BrN4O2. The molecule has 1 aliphatic heterocycles. The normalized spacial score (nSPS) is 15.7. The highest BCUT2D eigenvalue weighted by Gasteiger charge is 2.09. The van der Waals surface area contributed by atoms with E-state index in [1.54, 1.807) is 6.26 Å². The van der Waals surface area contributed by atoms with Gasteiger partial charge in [0.15, 0.2) is 5.96 Å². The van der Waals surface area contributed by atoms with Gasteiger partial charge >= 0.3 is 0 Å². The summed E-state index contributed by atoms with van der Waals surface area (Å²) in [5.41, 5.74) is 1.18. The van der Waals surface area contributed by atoms with Crippen LogP contribution in [0.2, 0.25) is 0 Å². The van der Waals surface area contributed by atoms with E-state index >= 15 is 0 Å². The molecule has 1 fully saturated rings. The Morgan fingerprint density at radius 2 is 1.85 bits per heavy atom.